The van der Waals surface area contributed by atoms with Gasteiger partial charge in [0.05, 0.1) is 0 Å². The van der Waals surface area contributed by atoms with E-state index in [0.717, 1.165) is 27.6 Å². The van der Waals surface area contributed by atoms with Gasteiger partial charge in [0.25, 0.3) is 0 Å². The molecule has 0 amide bonds. The summed E-state index contributed by atoms with van der Waals surface area (Å²) in [6.45, 7) is 4.67. The highest BCUT2D eigenvalue weighted by molar-refractivity contribution is 6.30. The third kappa shape index (κ3) is 4.02. The number of nitrogens with zero attached hydrogens (tertiary/aromatic N) is 1. The minimum Gasteiger partial charge on any atom is -0.310 e. The molecular weight excluding hydrogens is 494 g/mol. The van der Waals surface area contributed by atoms with Crippen LogP contribution in [0.1, 0.15) is 25.0 Å². The lowest BCUT2D eigenvalue weighted by Gasteiger charge is -2.28. The van der Waals surface area contributed by atoms with Crippen molar-refractivity contribution in [3.8, 4) is 22.3 Å². The molecule has 1 nitrogen and oxygen atoms in total. The maximum Gasteiger partial charge on any atom is 0.0468 e. The summed E-state index contributed by atoms with van der Waals surface area (Å²) in [6.07, 6.45) is 0. The molecule has 0 unspecified atom stereocenters. The summed E-state index contributed by atoms with van der Waals surface area (Å²) in [6, 6.07) is 47.9. The molecule has 0 atom stereocenters. The largest absolute Gasteiger partial charge is 0.310 e. The van der Waals surface area contributed by atoms with Crippen molar-refractivity contribution in [1.82, 2.24) is 0 Å². The van der Waals surface area contributed by atoms with Gasteiger partial charge in [-0.15, -0.1) is 0 Å². The van der Waals surface area contributed by atoms with E-state index in [-0.39, 0.29) is 5.41 Å². The lowest BCUT2D eigenvalue weighted by Crippen LogP contribution is -2.16. The van der Waals surface area contributed by atoms with Crippen LogP contribution in [0.4, 0.5) is 17.1 Å². The Morgan fingerprint density at radius 1 is 0.487 bits per heavy atom. The summed E-state index contributed by atoms with van der Waals surface area (Å²) >= 11 is 6.13. The lowest BCUT2D eigenvalue weighted by molar-refractivity contribution is 0.660. The van der Waals surface area contributed by atoms with E-state index in [9.17, 15) is 0 Å². The number of anilines is 3. The Morgan fingerprint density at radius 2 is 1.05 bits per heavy atom. The summed E-state index contributed by atoms with van der Waals surface area (Å²) in [7, 11) is 0. The third-order valence-corrected chi connectivity index (χ3v) is 8.37. The summed E-state index contributed by atoms with van der Waals surface area (Å²) < 4.78 is 0. The molecule has 6 aromatic carbocycles. The third-order valence-electron chi connectivity index (χ3n) is 8.12. The van der Waals surface area contributed by atoms with E-state index in [4.69, 9.17) is 11.6 Å². The first kappa shape index (κ1) is 23.8. The Labute approximate surface area is 234 Å². The molecule has 0 heterocycles. The molecule has 7 rings (SSSR count). The predicted molar refractivity (Wildman–Crippen MR) is 167 cm³/mol. The van der Waals surface area contributed by atoms with Gasteiger partial charge in [0, 0.05) is 27.5 Å². The van der Waals surface area contributed by atoms with Crippen molar-refractivity contribution in [2.75, 3.05) is 4.90 Å². The first-order valence-corrected chi connectivity index (χ1v) is 13.8. The van der Waals surface area contributed by atoms with Gasteiger partial charge >= 0.3 is 0 Å². The van der Waals surface area contributed by atoms with E-state index < -0.39 is 0 Å². The Bertz CT molecular complexity index is 1830. The Balaban J connectivity index is 1.37. The summed E-state index contributed by atoms with van der Waals surface area (Å²) in [5.74, 6) is 0. The maximum atomic E-state index is 6.13. The molecule has 2 heteroatoms. The second-order valence-electron chi connectivity index (χ2n) is 10.8. The van der Waals surface area contributed by atoms with Crippen LogP contribution >= 0.6 is 11.6 Å². The molecule has 0 saturated carbocycles. The fourth-order valence-corrected chi connectivity index (χ4v) is 6.17. The highest BCUT2D eigenvalue weighted by Crippen LogP contribution is 2.50. The Morgan fingerprint density at radius 3 is 1.82 bits per heavy atom. The number of hydrogen-bond donors (Lipinski definition) is 0. The Kier molecular flexibility index (Phi) is 5.58. The topological polar surface area (TPSA) is 3.24 Å². The van der Waals surface area contributed by atoms with Crippen molar-refractivity contribution in [2.45, 2.75) is 19.3 Å². The van der Waals surface area contributed by atoms with Crippen LogP contribution in [0.25, 0.3) is 33.0 Å². The highest BCUT2D eigenvalue weighted by Gasteiger charge is 2.35. The highest BCUT2D eigenvalue weighted by atomic mass is 35.5. The predicted octanol–water partition coefficient (Wildman–Crippen LogP) is 10.9. The van der Waals surface area contributed by atoms with Gasteiger partial charge < -0.3 is 4.90 Å². The number of benzene rings is 6. The molecule has 0 aliphatic heterocycles. The standard InChI is InChI=1S/C37H28ClN/c1-37(2)35-10-6-5-9-33(35)34-22-21-32(24-36(34)37)39(31-20-15-25-7-3-4-8-28(25)23-31)30-18-13-27(14-19-30)26-11-16-29(38)17-12-26/h3-24H,1-2H3. The van der Waals surface area contributed by atoms with Gasteiger partial charge in [0.1, 0.15) is 0 Å². The average molecular weight is 522 g/mol. The van der Waals surface area contributed by atoms with Gasteiger partial charge in [0.15, 0.2) is 0 Å². The monoisotopic (exact) mass is 521 g/mol. The molecule has 1 aliphatic carbocycles. The van der Waals surface area contributed by atoms with Crippen molar-refractivity contribution in [3.05, 3.63) is 150 Å². The zero-order chi connectivity index (χ0) is 26.6. The first-order chi connectivity index (χ1) is 19.0. The van der Waals surface area contributed by atoms with Gasteiger partial charge in [-0.1, -0.05) is 110 Å². The first-order valence-electron chi connectivity index (χ1n) is 13.4. The molecule has 0 spiro atoms. The Hall–Kier alpha value is -4.33. The minimum absolute atomic E-state index is 0.0601. The normalized spacial score (nSPS) is 13.2. The zero-order valence-electron chi connectivity index (χ0n) is 22.0. The van der Waals surface area contributed by atoms with Gasteiger partial charge in [0.2, 0.25) is 0 Å². The molecule has 188 valence electrons. The summed E-state index contributed by atoms with van der Waals surface area (Å²) in [4.78, 5) is 2.37. The van der Waals surface area contributed by atoms with Crippen LogP contribution in [0.3, 0.4) is 0 Å². The summed E-state index contributed by atoms with van der Waals surface area (Å²) in [5, 5.41) is 3.22. The van der Waals surface area contributed by atoms with Gasteiger partial charge in [-0.3, -0.25) is 0 Å². The molecule has 6 aromatic rings. The van der Waals surface area contributed by atoms with Crippen LogP contribution in [-0.4, -0.2) is 0 Å². The van der Waals surface area contributed by atoms with E-state index in [1.807, 2.05) is 12.1 Å². The van der Waals surface area contributed by atoms with Crippen LogP contribution in [0.2, 0.25) is 5.02 Å². The van der Waals surface area contributed by atoms with E-state index in [0.29, 0.717) is 0 Å². The number of halogens is 1. The molecule has 39 heavy (non-hydrogen) atoms. The molecule has 0 bridgehead atoms. The van der Waals surface area contributed by atoms with Crippen molar-refractivity contribution < 1.29 is 0 Å². The molecule has 1 aliphatic rings. The van der Waals surface area contributed by atoms with Gasteiger partial charge in [-0.2, -0.15) is 0 Å². The number of fused-ring (bicyclic) bond motifs is 4. The molecule has 0 radical (unpaired) electrons. The van der Waals surface area contributed by atoms with Crippen LogP contribution in [-0.2, 0) is 5.41 Å². The quantitative estimate of drug-likeness (QED) is 0.223. The zero-order valence-corrected chi connectivity index (χ0v) is 22.8. The van der Waals surface area contributed by atoms with Crippen LogP contribution < -0.4 is 4.90 Å². The molecule has 0 fully saturated rings. The minimum atomic E-state index is -0.0601. The molecule has 0 aromatic heterocycles. The fraction of sp³-hybridized carbons (Fsp3) is 0.0811. The fourth-order valence-electron chi connectivity index (χ4n) is 6.04. The van der Waals surface area contributed by atoms with Crippen LogP contribution in [0.15, 0.2) is 133 Å². The van der Waals surface area contributed by atoms with E-state index >= 15 is 0 Å². The van der Waals surface area contributed by atoms with Crippen molar-refractivity contribution in [3.63, 3.8) is 0 Å². The SMILES string of the molecule is CC1(C)c2ccccc2-c2ccc(N(c3ccc(-c4ccc(Cl)cc4)cc3)c3ccc4ccccc4c3)cc21. The van der Waals surface area contributed by atoms with E-state index in [2.05, 4.69) is 140 Å². The van der Waals surface area contributed by atoms with Crippen LogP contribution in [0, 0.1) is 0 Å². The average Bonchev–Trinajstić information content (AvgIpc) is 3.20. The second kappa shape index (κ2) is 9.15. The van der Waals surface area contributed by atoms with Gasteiger partial charge in [-0.25, -0.2) is 0 Å². The van der Waals surface area contributed by atoms with Crippen molar-refractivity contribution in [2.24, 2.45) is 0 Å². The summed E-state index contributed by atoms with van der Waals surface area (Å²) in [5.41, 5.74) is 11.1. The van der Waals surface area contributed by atoms with E-state index in [1.165, 1.54) is 38.6 Å². The second-order valence-corrected chi connectivity index (χ2v) is 11.3. The van der Waals surface area contributed by atoms with Crippen molar-refractivity contribution >= 4 is 39.4 Å². The molecular formula is C37H28ClN. The number of rotatable bonds is 4. The van der Waals surface area contributed by atoms with Crippen LogP contribution in [0.5, 0.6) is 0 Å². The van der Waals surface area contributed by atoms with Gasteiger partial charge in [-0.05, 0) is 92.7 Å². The van der Waals surface area contributed by atoms with Crippen molar-refractivity contribution in [1.29, 1.82) is 0 Å². The lowest BCUT2D eigenvalue weighted by atomic mass is 9.82. The molecule has 0 saturated heterocycles. The smallest absolute Gasteiger partial charge is 0.0468 e. The molecule has 0 N–H and O–H groups in total. The number of hydrogen-bond acceptors (Lipinski definition) is 1. The maximum absolute atomic E-state index is 6.13. The van der Waals surface area contributed by atoms with E-state index in [1.54, 1.807) is 0 Å².